The lowest BCUT2D eigenvalue weighted by Crippen LogP contribution is -2.41. The summed E-state index contributed by atoms with van der Waals surface area (Å²) in [7, 11) is 0. The summed E-state index contributed by atoms with van der Waals surface area (Å²) in [6.07, 6.45) is 0.960. The predicted octanol–water partition coefficient (Wildman–Crippen LogP) is 2.94. The topological polar surface area (TPSA) is 44.8 Å². The molecule has 0 atom stereocenters. The molecule has 0 bridgehead atoms. The van der Waals surface area contributed by atoms with E-state index in [1.807, 2.05) is 13.8 Å². The smallest absolute Gasteiger partial charge is 0.348 e. The monoisotopic (exact) mass is 228 g/mol. The standard InChI is InChI=1S/C12H20O4/c1-7-11(3,4)12(5,6)16-15-10-8(2)9(13)14-10/h7H2,1-6H3. The zero-order valence-corrected chi connectivity index (χ0v) is 10.8. The molecule has 0 unspecified atom stereocenters. The van der Waals surface area contributed by atoms with Gasteiger partial charge in [0, 0.05) is 0 Å². The van der Waals surface area contributed by atoms with Crippen LogP contribution in [0.1, 0.15) is 48.0 Å². The molecule has 4 nitrogen and oxygen atoms in total. The summed E-state index contributed by atoms with van der Waals surface area (Å²) in [5, 5.41) is 0. The number of cyclic esters (lactones) is 1. The first-order chi connectivity index (χ1) is 7.21. The van der Waals surface area contributed by atoms with Gasteiger partial charge in [-0.25, -0.2) is 4.79 Å². The Hall–Kier alpha value is -1.03. The molecule has 0 aromatic rings. The van der Waals surface area contributed by atoms with E-state index in [1.165, 1.54) is 0 Å². The molecule has 0 saturated heterocycles. The number of hydrogen-bond donors (Lipinski definition) is 0. The number of carbonyl (C=O) groups is 1. The van der Waals surface area contributed by atoms with Crippen molar-refractivity contribution in [3.63, 3.8) is 0 Å². The third kappa shape index (κ3) is 2.21. The van der Waals surface area contributed by atoms with Crippen LogP contribution in [0.2, 0.25) is 0 Å². The van der Waals surface area contributed by atoms with Crippen molar-refractivity contribution in [1.29, 1.82) is 0 Å². The number of hydrogen-bond acceptors (Lipinski definition) is 4. The number of ether oxygens (including phenoxy) is 1. The van der Waals surface area contributed by atoms with E-state index in [0.717, 1.165) is 6.42 Å². The minimum absolute atomic E-state index is 0.0325. The maximum Gasteiger partial charge on any atom is 0.348 e. The first-order valence-corrected chi connectivity index (χ1v) is 5.50. The van der Waals surface area contributed by atoms with Crippen LogP contribution in [0.5, 0.6) is 0 Å². The zero-order chi connectivity index (χ0) is 12.6. The summed E-state index contributed by atoms with van der Waals surface area (Å²) in [6, 6.07) is 0. The summed E-state index contributed by atoms with van der Waals surface area (Å²) in [4.78, 5) is 21.2. The third-order valence-electron chi connectivity index (χ3n) is 3.64. The van der Waals surface area contributed by atoms with Crippen LogP contribution in [-0.4, -0.2) is 11.6 Å². The molecular formula is C12H20O4. The van der Waals surface area contributed by atoms with Crippen LogP contribution in [0.3, 0.4) is 0 Å². The molecule has 1 heterocycles. The minimum Gasteiger partial charge on any atom is -0.387 e. The Morgan fingerprint density at radius 2 is 1.81 bits per heavy atom. The largest absolute Gasteiger partial charge is 0.387 e. The van der Waals surface area contributed by atoms with Gasteiger partial charge in [0.05, 0.1) is 0 Å². The van der Waals surface area contributed by atoms with E-state index in [9.17, 15) is 4.79 Å². The number of carbonyl (C=O) groups excluding carboxylic acids is 1. The maximum absolute atomic E-state index is 10.8. The third-order valence-corrected chi connectivity index (χ3v) is 3.64. The fraction of sp³-hybridized carbons (Fsp3) is 0.750. The first-order valence-electron chi connectivity index (χ1n) is 5.50. The van der Waals surface area contributed by atoms with E-state index in [2.05, 4.69) is 25.5 Å². The van der Waals surface area contributed by atoms with Crippen molar-refractivity contribution in [3.8, 4) is 0 Å². The van der Waals surface area contributed by atoms with E-state index in [1.54, 1.807) is 6.92 Å². The quantitative estimate of drug-likeness (QED) is 0.412. The molecule has 1 aliphatic heterocycles. The average molecular weight is 228 g/mol. The van der Waals surface area contributed by atoms with Gasteiger partial charge in [-0.2, -0.15) is 4.89 Å². The first kappa shape index (κ1) is 13.0. The van der Waals surface area contributed by atoms with Crippen molar-refractivity contribution in [1.82, 2.24) is 0 Å². The molecule has 0 radical (unpaired) electrons. The highest BCUT2D eigenvalue weighted by molar-refractivity contribution is 5.93. The van der Waals surface area contributed by atoms with Crippen molar-refractivity contribution < 1.29 is 19.3 Å². The van der Waals surface area contributed by atoms with Crippen molar-refractivity contribution in [2.24, 2.45) is 5.41 Å². The Morgan fingerprint density at radius 3 is 2.19 bits per heavy atom. The molecule has 0 fully saturated rings. The van der Waals surface area contributed by atoms with Crippen molar-refractivity contribution in [2.45, 2.75) is 53.6 Å². The molecular weight excluding hydrogens is 208 g/mol. The lowest BCUT2D eigenvalue weighted by molar-refractivity contribution is -0.371. The minimum atomic E-state index is -0.461. The normalized spacial score (nSPS) is 17.0. The van der Waals surface area contributed by atoms with Crippen LogP contribution < -0.4 is 0 Å². The van der Waals surface area contributed by atoms with Gasteiger partial charge < -0.3 is 4.74 Å². The van der Waals surface area contributed by atoms with Crippen molar-refractivity contribution in [3.05, 3.63) is 11.5 Å². The van der Waals surface area contributed by atoms with Crippen LogP contribution in [0.4, 0.5) is 0 Å². The molecule has 1 aliphatic rings. The molecule has 16 heavy (non-hydrogen) atoms. The Morgan fingerprint density at radius 1 is 1.25 bits per heavy atom. The maximum atomic E-state index is 10.8. The fourth-order valence-electron chi connectivity index (χ4n) is 1.03. The highest BCUT2D eigenvalue weighted by Gasteiger charge is 2.40. The fourth-order valence-corrected chi connectivity index (χ4v) is 1.03. The van der Waals surface area contributed by atoms with Gasteiger partial charge in [-0.3, -0.25) is 4.89 Å². The molecule has 0 saturated carbocycles. The molecule has 0 amide bonds. The molecule has 0 N–H and O–H groups in total. The Balaban J connectivity index is 2.59. The van der Waals surface area contributed by atoms with Crippen molar-refractivity contribution in [2.75, 3.05) is 0 Å². The van der Waals surface area contributed by atoms with Crippen LogP contribution >= 0.6 is 0 Å². The van der Waals surface area contributed by atoms with Gasteiger partial charge in [0.1, 0.15) is 11.2 Å². The molecule has 1 rings (SSSR count). The van der Waals surface area contributed by atoms with Crippen LogP contribution in [0.15, 0.2) is 11.5 Å². The Labute approximate surface area is 96.5 Å². The van der Waals surface area contributed by atoms with Gasteiger partial charge in [0.15, 0.2) is 0 Å². The van der Waals surface area contributed by atoms with Gasteiger partial charge in [-0.15, -0.1) is 0 Å². The summed E-state index contributed by atoms with van der Waals surface area (Å²) >= 11 is 0. The highest BCUT2D eigenvalue weighted by atomic mass is 17.2. The molecule has 92 valence electrons. The second-order valence-electron chi connectivity index (χ2n) is 5.22. The summed E-state index contributed by atoms with van der Waals surface area (Å²) in [5.74, 6) is -0.184. The zero-order valence-electron chi connectivity index (χ0n) is 10.8. The molecule has 0 aromatic carbocycles. The van der Waals surface area contributed by atoms with E-state index >= 15 is 0 Å². The molecule has 4 heteroatoms. The summed E-state index contributed by atoms with van der Waals surface area (Å²) in [6.45, 7) is 11.8. The number of rotatable bonds is 5. The van der Waals surface area contributed by atoms with Gasteiger partial charge >= 0.3 is 11.9 Å². The molecule has 0 spiro atoms. The van der Waals surface area contributed by atoms with Gasteiger partial charge in [-0.1, -0.05) is 20.8 Å². The predicted molar refractivity (Wildman–Crippen MR) is 59.1 cm³/mol. The second kappa shape index (κ2) is 4.09. The average Bonchev–Trinajstić information content (AvgIpc) is 2.23. The lowest BCUT2D eigenvalue weighted by Gasteiger charge is -2.39. The van der Waals surface area contributed by atoms with Gasteiger partial charge in [0.25, 0.3) is 0 Å². The van der Waals surface area contributed by atoms with E-state index in [0.29, 0.717) is 5.57 Å². The van der Waals surface area contributed by atoms with Gasteiger partial charge in [-0.05, 0) is 32.6 Å². The molecule has 0 aliphatic carbocycles. The van der Waals surface area contributed by atoms with E-state index < -0.39 is 5.60 Å². The Bertz CT molecular complexity index is 326. The van der Waals surface area contributed by atoms with E-state index in [-0.39, 0.29) is 17.3 Å². The summed E-state index contributed by atoms with van der Waals surface area (Å²) in [5.41, 5.74) is -0.0307. The lowest BCUT2D eigenvalue weighted by atomic mass is 9.75. The summed E-state index contributed by atoms with van der Waals surface area (Å²) < 4.78 is 4.69. The van der Waals surface area contributed by atoms with Crippen LogP contribution in [0, 0.1) is 5.41 Å². The molecule has 0 aromatic heterocycles. The van der Waals surface area contributed by atoms with E-state index in [4.69, 9.17) is 9.78 Å². The number of esters is 1. The second-order valence-corrected chi connectivity index (χ2v) is 5.22. The van der Waals surface area contributed by atoms with Crippen LogP contribution in [-0.2, 0) is 19.3 Å². The van der Waals surface area contributed by atoms with Crippen LogP contribution in [0.25, 0.3) is 0 Å². The van der Waals surface area contributed by atoms with Gasteiger partial charge in [0.2, 0.25) is 0 Å². The van der Waals surface area contributed by atoms with Crippen molar-refractivity contribution >= 4 is 5.97 Å². The Kier molecular flexibility index (Phi) is 3.33. The highest BCUT2D eigenvalue weighted by Crippen LogP contribution is 2.38. The SMILES string of the molecule is CCC(C)(C)C(C)(C)OOC1=C(C)C(=O)O1.